The number of benzene rings is 2. The fourth-order valence-electron chi connectivity index (χ4n) is 2.36. The van der Waals surface area contributed by atoms with Crippen molar-refractivity contribution in [2.45, 2.75) is 25.8 Å². The Morgan fingerprint density at radius 2 is 1.47 bits per heavy atom. The molecule has 2 atom stereocenters. The molecule has 2 N–H and O–H groups in total. The van der Waals surface area contributed by atoms with Crippen molar-refractivity contribution >= 4 is 0 Å². The summed E-state index contributed by atoms with van der Waals surface area (Å²) < 4.78 is 0. The van der Waals surface area contributed by atoms with Crippen LogP contribution in [-0.2, 0) is 0 Å². The lowest BCUT2D eigenvalue weighted by atomic mass is 9.84. The van der Waals surface area contributed by atoms with E-state index in [0.717, 1.165) is 0 Å². The average molecular weight is 225 g/mol. The van der Waals surface area contributed by atoms with Gasteiger partial charge in [0.2, 0.25) is 0 Å². The zero-order chi connectivity index (χ0) is 12.3. The summed E-state index contributed by atoms with van der Waals surface area (Å²) in [5, 5.41) is 0. The molecule has 0 saturated carbocycles. The van der Waals surface area contributed by atoms with Crippen molar-refractivity contribution in [3.8, 4) is 0 Å². The third kappa shape index (κ3) is 2.56. The van der Waals surface area contributed by atoms with E-state index in [9.17, 15) is 0 Å². The molecule has 0 bridgehead atoms. The molecular weight excluding hydrogens is 206 g/mol. The van der Waals surface area contributed by atoms with Crippen molar-refractivity contribution in [2.75, 3.05) is 0 Å². The second kappa shape index (κ2) is 5.15. The first-order chi connectivity index (χ1) is 8.20. The van der Waals surface area contributed by atoms with Crippen LogP contribution < -0.4 is 5.73 Å². The van der Waals surface area contributed by atoms with E-state index in [0.29, 0.717) is 0 Å². The normalized spacial score (nSPS) is 14.3. The molecule has 17 heavy (non-hydrogen) atoms. The molecule has 0 heterocycles. The van der Waals surface area contributed by atoms with Gasteiger partial charge in [0.15, 0.2) is 0 Å². The minimum atomic E-state index is 0.110. The van der Waals surface area contributed by atoms with Gasteiger partial charge in [0, 0.05) is 12.0 Å². The highest BCUT2D eigenvalue weighted by molar-refractivity contribution is 5.38. The molecule has 2 unspecified atom stereocenters. The summed E-state index contributed by atoms with van der Waals surface area (Å²) in [5.41, 5.74) is 10.1. The maximum Gasteiger partial charge on any atom is 0.0241 e. The van der Waals surface area contributed by atoms with E-state index in [1.807, 2.05) is 6.07 Å². The largest absolute Gasteiger partial charge is 0.327 e. The van der Waals surface area contributed by atoms with E-state index < -0.39 is 0 Å². The Labute approximate surface area is 103 Å². The maximum atomic E-state index is 6.17. The van der Waals surface area contributed by atoms with Crippen molar-refractivity contribution < 1.29 is 0 Å². The second-order valence-electron chi connectivity index (χ2n) is 4.60. The fourth-order valence-corrected chi connectivity index (χ4v) is 2.36. The first kappa shape index (κ1) is 11.9. The molecule has 0 aliphatic rings. The lowest BCUT2D eigenvalue weighted by molar-refractivity contribution is 0.642. The maximum absolute atomic E-state index is 6.17. The lowest BCUT2D eigenvalue weighted by Crippen LogP contribution is -2.26. The Kier molecular flexibility index (Phi) is 3.60. The van der Waals surface area contributed by atoms with Gasteiger partial charge in [0.1, 0.15) is 0 Å². The predicted molar refractivity (Wildman–Crippen MR) is 73.1 cm³/mol. The van der Waals surface area contributed by atoms with E-state index in [1.165, 1.54) is 16.7 Å². The van der Waals surface area contributed by atoms with Crippen LogP contribution in [0.2, 0.25) is 0 Å². The third-order valence-electron chi connectivity index (χ3n) is 3.21. The molecule has 0 amide bonds. The topological polar surface area (TPSA) is 26.0 Å². The van der Waals surface area contributed by atoms with Gasteiger partial charge in [-0.3, -0.25) is 0 Å². The van der Waals surface area contributed by atoms with Crippen LogP contribution in [0.5, 0.6) is 0 Å². The van der Waals surface area contributed by atoms with Crippen LogP contribution in [0.1, 0.15) is 29.5 Å². The van der Waals surface area contributed by atoms with Gasteiger partial charge >= 0.3 is 0 Å². The highest BCUT2D eigenvalue weighted by Gasteiger charge is 2.19. The van der Waals surface area contributed by atoms with Crippen LogP contribution in [0.4, 0.5) is 0 Å². The van der Waals surface area contributed by atoms with Gasteiger partial charge in [0.05, 0.1) is 0 Å². The lowest BCUT2D eigenvalue weighted by Gasteiger charge is -2.23. The smallest absolute Gasteiger partial charge is 0.0241 e. The molecule has 0 aliphatic carbocycles. The van der Waals surface area contributed by atoms with Gasteiger partial charge in [-0.25, -0.2) is 0 Å². The summed E-state index contributed by atoms with van der Waals surface area (Å²) >= 11 is 0. The van der Waals surface area contributed by atoms with Crippen LogP contribution in [0.15, 0.2) is 54.6 Å². The molecule has 0 spiro atoms. The van der Waals surface area contributed by atoms with Crippen molar-refractivity contribution in [1.82, 2.24) is 0 Å². The second-order valence-corrected chi connectivity index (χ2v) is 4.60. The predicted octanol–water partition coefficient (Wildman–Crippen LogP) is 3.47. The number of hydrogen-bond acceptors (Lipinski definition) is 1. The van der Waals surface area contributed by atoms with Crippen LogP contribution >= 0.6 is 0 Å². The van der Waals surface area contributed by atoms with Crippen molar-refractivity contribution in [3.63, 3.8) is 0 Å². The molecule has 88 valence electrons. The quantitative estimate of drug-likeness (QED) is 0.850. The van der Waals surface area contributed by atoms with Gasteiger partial charge in [0.25, 0.3) is 0 Å². The molecule has 2 aromatic carbocycles. The standard InChI is InChI=1S/C16H19N/c1-12-8-6-7-11-15(12)16(13(2)17)14-9-4-3-5-10-14/h3-11,13,16H,17H2,1-2H3. The SMILES string of the molecule is Cc1ccccc1C(c1ccccc1)C(C)N. The first-order valence-electron chi connectivity index (χ1n) is 6.06. The van der Waals surface area contributed by atoms with E-state index in [1.54, 1.807) is 0 Å². The highest BCUT2D eigenvalue weighted by atomic mass is 14.6. The first-order valence-corrected chi connectivity index (χ1v) is 6.06. The van der Waals surface area contributed by atoms with Gasteiger partial charge in [-0.05, 0) is 30.5 Å². The summed E-state index contributed by atoms with van der Waals surface area (Å²) in [6, 6.07) is 19.1. The molecule has 2 rings (SSSR count). The van der Waals surface area contributed by atoms with Crippen molar-refractivity contribution in [1.29, 1.82) is 0 Å². The Bertz CT molecular complexity index is 474. The zero-order valence-electron chi connectivity index (χ0n) is 10.4. The van der Waals surface area contributed by atoms with Gasteiger partial charge in [-0.2, -0.15) is 0 Å². The van der Waals surface area contributed by atoms with Crippen LogP contribution in [-0.4, -0.2) is 6.04 Å². The van der Waals surface area contributed by atoms with E-state index >= 15 is 0 Å². The number of hydrogen-bond donors (Lipinski definition) is 1. The summed E-state index contributed by atoms with van der Waals surface area (Å²) in [6.45, 7) is 4.22. The molecule has 1 nitrogen and oxygen atoms in total. The molecular formula is C16H19N. The molecule has 0 saturated heterocycles. The molecule has 0 aliphatic heterocycles. The Morgan fingerprint density at radius 1 is 0.882 bits per heavy atom. The minimum absolute atomic E-state index is 0.110. The van der Waals surface area contributed by atoms with E-state index in [2.05, 4.69) is 62.4 Å². The third-order valence-corrected chi connectivity index (χ3v) is 3.21. The molecule has 1 heteroatoms. The summed E-state index contributed by atoms with van der Waals surface area (Å²) in [6.07, 6.45) is 0. The van der Waals surface area contributed by atoms with Gasteiger partial charge in [-0.1, -0.05) is 54.6 Å². The van der Waals surface area contributed by atoms with Crippen molar-refractivity contribution in [3.05, 3.63) is 71.3 Å². The molecule has 0 radical (unpaired) electrons. The minimum Gasteiger partial charge on any atom is -0.327 e. The summed E-state index contributed by atoms with van der Waals surface area (Å²) in [4.78, 5) is 0. The number of aryl methyl sites for hydroxylation is 1. The van der Waals surface area contributed by atoms with E-state index in [-0.39, 0.29) is 12.0 Å². The molecule has 2 aromatic rings. The van der Waals surface area contributed by atoms with Gasteiger partial charge < -0.3 is 5.73 Å². The average Bonchev–Trinajstić information content (AvgIpc) is 2.33. The van der Waals surface area contributed by atoms with Crippen LogP contribution in [0, 0.1) is 6.92 Å². The Morgan fingerprint density at radius 3 is 2.06 bits per heavy atom. The van der Waals surface area contributed by atoms with Crippen LogP contribution in [0.3, 0.4) is 0 Å². The van der Waals surface area contributed by atoms with E-state index in [4.69, 9.17) is 5.73 Å². The molecule has 0 aromatic heterocycles. The zero-order valence-corrected chi connectivity index (χ0v) is 10.4. The van der Waals surface area contributed by atoms with Crippen molar-refractivity contribution in [2.24, 2.45) is 5.73 Å². The number of nitrogens with two attached hydrogens (primary N) is 1. The molecule has 0 fully saturated rings. The monoisotopic (exact) mass is 225 g/mol. The van der Waals surface area contributed by atoms with Gasteiger partial charge in [-0.15, -0.1) is 0 Å². The van der Waals surface area contributed by atoms with Crippen LogP contribution in [0.25, 0.3) is 0 Å². The Balaban J connectivity index is 2.47. The Hall–Kier alpha value is -1.60. The highest BCUT2D eigenvalue weighted by Crippen LogP contribution is 2.29. The number of rotatable bonds is 3. The summed E-state index contributed by atoms with van der Waals surface area (Å²) in [5.74, 6) is 0.275. The summed E-state index contributed by atoms with van der Waals surface area (Å²) in [7, 11) is 0. The fraction of sp³-hybridized carbons (Fsp3) is 0.250.